The molecule has 0 N–H and O–H groups in total. The average molecular weight is 338 g/mol. The van der Waals surface area contributed by atoms with Crippen LogP contribution in [0.5, 0.6) is 0 Å². The minimum absolute atomic E-state index is 0.0510. The Labute approximate surface area is 137 Å². The lowest BCUT2D eigenvalue weighted by Crippen LogP contribution is -2.37. The van der Waals surface area contributed by atoms with Gasteiger partial charge in [-0.1, -0.05) is 19.1 Å². The lowest BCUT2D eigenvalue weighted by Gasteiger charge is -2.21. The molecule has 0 unspecified atom stereocenters. The molecular weight excluding hydrogens is 316 g/mol. The fourth-order valence-electron chi connectivity index (χ4n) is 2.62. The van der Waals surface area contributed by atoms with Crippen LogP contribution in [-0.2, 0) is 14.8 Å². The van der Waals surface area contributed by atoms with Crippen molar-refractivity contribution in [2.45, 2.75) is 31.6 Å². The number of sulfonamides is 1. The van der Waals surface area contributed by atoms with Crippen LogP contribution < -0.4 is 0 Å². The standard InChI is InChI=1S/C16H22N2O4S/c1-3-16(20)17-9-4-10-18(12-11-17)23(21,22)15-7-5-14(6-8-15)13(2)19/h5-8H,3-4,9-12H2,1-2H3. The molecule has 0 radical (unpaired) electrons. The van der Waals surface area contributed by atoms with E-state index in [1.165, 1.54) is 35.5 Å². The first-order chi connectivity index (χ1) is 10.9. The van der Waals surface area contributed by atoms with Gasteiger partial charge >= 0.3 is 0 Å². The summed E-state index contributed by atoms with van der Waals surface area (Å²) in [5, 5.41) is 0. The predicted octanol–water partition coefficient (Wildman–Crippen LogP) is 1.52. The second-order valence-corrected chi connectivity index (χ2v) is 7.51. The number of hydrogen-bond donors (Lipinski definition) is 0. The van der Waals surface area contributed by atoms with E-state index >= 15 is 0 Å². The number of carbonyl (C=O) groups excluding carboxylic acids is 2. The van der Waals surface area contributed by atoms with E-state index < -0.39 is 10.0 Å². The Bertz CT molecular complexity index is 683. The second-order valence-electron chi connectivity index (χ2n) is 5.57. The van der Waals surface area contributed by atoms with E-state index in [0.717, 1.165) is 0 Å². The van der Waals surface area contributed by atoms with Crippen LogP contribution in [0.25, 0.3) is 0 Å². The van der Waals surface area contributed by atoms with E-state index in [2.05, 4.69) is 0 Å². The highest BCUT2D eigenvalue weighted by Crippen LogP contribution is 2.19. The van der Waals surface area contributed by atoms with E-state index in [1.807, 2.05) is 0 Å². The van der Waals surface area contributed by atoms with Gasteiger partial charge in [-0.15, -0.1) is 0 Å². The highest BCUT2D eigenvalue weighted by atomic mass is 32.2. The second kappa shape index (κ2) is 7.23. The van der Waals surface area contributed by atoms with Crippen molar-refractivity contribution in [3.05, 3.63) is 29.8 Å². The summed E-state index contributed by atoms with van der Waals surface area (Å²) in [6, 6.07) is 5.98. The molecule has 126 valence electrons. The summed E-state index contributed by atoms with van der Waals surface area (Å²) in [7, 11) is -3.60. The summed E-state index contributed by atoms with van der Waals surface area (Å²) in [5.74, 6) is -0.0486. The monoisotopic (exact) mass is 338 g/mol. The van der Waals surface area contributed by atoms with Gasteiger partial charge in [0.15, 0.2) is 5.78 Å². The Morgan fingerprint density at radius 2 is 1.70 bits per heavy atom. The van der Waals surface area contributed by atoms with E-state index in [1.54, 1.807) is 11.8 Å². The summed E-state index contributed by atoms with van der Waals surface area (Å²) in [4.78, 5) is 25.0. The van der Waals surface area contributed by atoms with Gasteiger partial charge in [0.2, 0.25) is 15.9 Å². The van der Waals surface area contributed by atoms with Gasteiger partial charge < -0.3 is 4.90 Å². The number of rotatable bonds is 4. The lowest BCUT2D eigenvalue weighted by atomic mass is 10.2. The number of carbonyl (C=O) groups is 2. The zero-order valence-electron chi connectivity index (χ0n) is 13.5. The van der Waals surface area contributed by atoms with Crippen LogP contribution in [0.1, 0.15) is 37.0 Å². The third-order valence-electron chi connectivity index (χ3n) is 4.01. The van der Waals surface area contributed by atoms with Gasteiger partial charge in [0, 0.05) is 38.2 Å². The van der Waals surface area contributed by atoms with Gasteiger partial charge in [0.25, 0.3) is 0 Å². The maximum Gasteiger partial charge on any atom is 0.243 e. The number of benzene rings is 1. The highest BCUT2D eigenvalue weighted by molar-refractivity contribution is 7.89. The summed E-state index contributed by atoms with van der Waals surface area (Å²) < 4.78 is 26.8. The van der Waals surface area contributed by atoms with Gasteiger partial charge in [-0.3, -0.25) is 9.59 Å². The van der Waals surface area contributed by atoms with Crippen molar-refractivity contribution >= 4 is 21.7 Å². The maximum absolute atomic E-state index is 12.7. The van der Waals surface area contributed by atoms with Crippen LogP contribution in [0.4, 0.5) is 0 Å². The topological polar surface area (TPSA) is 74.8 Å². The number of hydrogen-bond acceptors (Lipinski definition) is 4. The van der Waals surface area contributed by atoms with Crippen molar-refractivity contribution in [1.29, 1.82) is 0 Å². The Hall–Kier alpha value is -1.73. The van der Waals surface area contributed by atoms with Crippen molar-refractivity contribution in [1.82, 2.24) is 9.21 Å². The molecule has 23 heavy (non-hydrogen) atoms. The predicted molar refractivity (Wildman–Crippen MR) is 86.7 cm³/mol. The molecule has 6 nitrogen and oxygen atoms in total. The van der Waals surface area contributed by atoms with Crippen LogP contribution in [0.15, 0.2) is 29.2 Å². The van der Waals surface area contributed by atoms with Crippen LogP contribution in [-0.4, -0.2) is 55.5 Å². The van der Waals surface area contributed by atoms with Crippen LogP contribution in [0.2, 0.25) is 0 Å². The van der Waals surface area contributed by atoms with Gasteiger partial charge in [-0.2, -0.15) is 4.31 Å². The van der Waals surface area contributed by atoms with Gasteiger partial charge in [0.05, 0.1) is 4.90 Å². The highest BCUT2D eigenvalue weighted by Gasteiger charge is 2.27. The maximum atomic E-state index is 12.7. The largest absolute Gasteiger partial charge is 0.341 e. The van der Waals surface area contributed by atoms with Gasteiger partial charge in [-0.25, -0.2) is 8.42 Å². The molecule has 0 saturated carbocycles. The quantitative estimate of drug-likeness (QED) is 0.780. The summed E-state index contributed by atoms with van der Waals surface area (Å²) >= 11 is 0. The lowest BCUT2D eigenvalue weighted by molar-refractivity contribution is -0.130. The Morgan fingerprint density at radius 1 is 1.04 bits per heavy atom. The molecule has 0 aromatic heterocycles. The van der Waals surface area contributed by atoms with E-state index in [9.17, 15) is 18.0 Å². The minimum atomic E-state index is -3.60. The molecule has 1 saturated heterocycles. The Kier molecular flexibility index (Phi) is 5.54. The molecule has 1 aliphatic rings. The molecule has 1 aromatic carbocycles. The Balaban J connectivity index is 2.16. The summed E-state index contributed by atoms with van der Waals surface area (Å²) in [6.45, 7) is 4.93. The summed E-state index contributed by atoms with van der Waals surface area (Å²) in [5.41, 5.74) is 0.486. The third kappa shape index (κ3) is 3.97. The molecule has 0 atom stereocenters. The molecular formula is C16H22N2O4S. The van der Waals surface area contributed by atoms with Crippen molar-refractivity contribution in [3.63, 3.8) is 0 Å². The zero-order valence-corrected chi connectivity index (χ0v) is 14.3. The number of nitrogens with zero attached hydrogens (tertiary/aromatic N) is 2. The van der Waals surface area contributed by atoms with Crippen molar-refractivity contribution in [2.75, 3.05) is 26.2 Å². The number of ketones is 1. The minimum Gasteiger partial charge on any atom is -0.341 e. The number of amides is 1. The molecule has 1 heterocycles. The average Bonchev–Trinajstić information content (AvgIpc) is 2.80. The third-order valence-corrected chi connectivity index (χ3v) is 5.92. The molecule has 0 spiro atoms. The smallest absolute Gasteiger partial charge is 0.243 e. The Morgan fingerprint density at radius 3 is 2.26 bits per heavy atom. The van der Waals surface area contributed by atoms with Crippen molar-refractivity contribution in [2.24, 2.45) is 0 Å². The first-order valence-electron chi connectivity index (χ1n) is 7.75. The summed E-state index contributed by atoms with van der Waals surface area (Å²) in [6.07, 6.45) is 1.05. The molecule has 0 aliphatic carbocycles. The van der Waals surface area contributed by atoms with E-state index in [4.69, 9.17) is 0 Å². The molecule has 1 aromatic rings. The van der Waals surface area contributed by atoms with E-state index in [0.29, 0.717) is 44.6 Å². The fourth-order valence-corrected chi connectivity index (χ4v) is 4.09. The normalized spacial score (nSPS) is 16.9. The van der Waals surface area contributed by atoms with Gasteiger partial charge in [0.1, 0.15) is 0 Å². The molecule has 1 amide bonds. The number of Topliss-reactive ketones (excluding diaryl/α,β-unsaturated/α-hetero) is 1. The molecule has 1 fully saturated rings. The zero-order chi connectivity index (χ0) is 17.0. The first kappa shape index (κ1) is 17.6. The first-order valence-corrected chi connectivity index (χ1v) is 9.19. The molecule has 1 aliphatic heterocycles. The van der Waals surface area contributed by atoms with Crippen LogP contribution in [0.3, 0.4) is 0 Å². The molecule has 0 bridgehead atoms. The molecule has 2 rings (SSSR count). The van der Waals surface area contributed by atoms with Crippen molar-refractivity contribution < 1.29 is 18.0 Å². The van der Waals surface area contributed by atoms with E-state index in [-0.39, 0.29) is 16.6 Å². The van der Waals surface area contributed by atoms with Crippen LogP contribution >= 0.6 is 0 Å². The molecule has 7 heteroatoms. The fraction of sp³-hybridized carbons (Fsp3) is 0.500. The van der Waals surface area contributed by atoms with Gasteiger partial charge in [-0.05, 0) is 25.5 Å². The SMILES string of the molecule is CCC(=O)N1CCCN(S(=O)(=O)c2ccc(C(C)=O)cc2)CC1. The van der Waals surface area contributed by atoms with Crippen molar-refractivity contribution in [3.8, 4) is 0 Å². The van der Waals surface area contributed by atoms with Crippen LogP contribution in [0, 0.1) is 0 Å².